The van der Waals surface area contributed by atoms with Crippen LogP contribution in [0.15, 0.2) is 24.3 Å². The molecule has 0 saturated heterocycles. The maximum absolute atomic E-state index is 13.2. The molecule has 2 atom stereocenters. The summed E-state index contributed by atoms with van der Waals surface area (Å²) >= 11 is 0. The molecule has 2 unspecified atom stereocenters. The molecule has 3 rings (SSSR count). The standard InChI is InChI=1S/C19H27FN6O/c1-13-23-24-25-26(13)18(11-14-7-9-16(20)10-8-14)19(27)22-17(12-21)15-5-3-2-4-6-15/h7-10,15,17-18H,2-6,11-12,21H2,1H3,(H,22,27). The van der Waals surface area contributed by atoms with Crippen LogP contribution in [0.4, 0.5) is 4.39 Å². The summed E-state index contributed by atoms with van der Waals surface area (Å²) < 4.78 is 14.7. The number of aryl methyl sites for hydroxylation is 1. The molecular weight excluding hydrogens is 347 g/mol. The second-order valence-electron chi connectivity index (χ2n) is 7.27. The highest BCUT2D eigenvalue weighted by Crippen LogP contribution is 2.26. The Morgan fingerprint density at radius 1 is 1.30 bits per heavy atom. The number of carbonyl (C=O) groups excluding carboxylic acids is 1. The van der Waals surface area contributed by atoms with Crippen molar-refractivity contribution in [2.24, 2.45) is 11.7 Å². The van der Waals surface area contributed by atoms with E-state index in [2.05, 4.69) is 20.8 Å². The molecule has 0 aliphatic heterocycles. The van der Waals surface area contributed by atoms with Gasteiger partial charge in [0, 0.05) is 19.0 Å². The van der Waals surface area contributed by atoms with Gasteiger partial charge in [-0.15, -0.1) is 5.10 Å². The van der Waals surface area contributed by atoms with Crippen LogP contribution in [0.3, 0.4) is 0 Å². The van der Waals surface area contributed by atoms with Crippen LogP contribution in [0.25, 0.3) is 0 Å². The number of rotatable bonds is 7. The van der Waals surface area contributed by atoms with E-state index in [1.807, 2.05) is 0 Å². The van der Waals surface area contributed by atoms with Crippen molar-refractivity contribution in [3.8, 4) is 0 Å². The fraction of sp³-hybridized carbons (Fsp3) is 0.579. The van der Waals surface area contributed by atoms with Crippen molar-refractivity contribution in [3.63, 3.8) is 0 Å². The Balaban J connectivity index is 1.77. The number of benzene rings is 1. The van der Waals surface area contributed by atoms with Crippen LogP contribution in [-0.2, 0) is 11.2 Å². The predicted octanol–water partition coefficient (Wildman–Crippen LogP) is 1.93. The summed E-state index contributed by atoms with van der Waals surface area (Å²) in [6.07, 6.45) is 6.17. The normalized spacial score (nSPS) is 17.4. The topological polar surface area (TPSA) is 98.7 Å². The summed E-state index contributed by atoms with van der Waals surface area (Å²) in [5, 5.41) is 14.7. The van der Waals surface area contributed by atoms with Crippen LogP contribution >= 0.6 is 0 Å². The molecule has 2 aromatic rings. The molecule has 1 aliphatic rings. The second kappa shape index (κ2) is 9.03. The van der Waals surface area contributed by atoms with Crippen molar-refractivity contribution in [2.75, 3.05) is 6.54 Å². The van der Waals surface area contributed by atoms with Crippen LogP contribution in [0, 0.1) is 18.7 Å². The van der Waals surface area contributed by atoms with E-state index in [-0.39, 0.29) is 17.8 Å². The molecule has 0 spiro atoms. The van der Waals surface area contributed by atoms with Crippen LogP contribution in [-0.4, -0.2) is 38.7 Å². The van der Waals surface area contributed by atoms with Crippen molar-refractivity contribution in [2.45, 2.75) is 57.5 Å². The summed E-state index contributed by atoms with van der Waals surface area (Å²) in [4.78, 5) is 13.1. The fourth-order valence-corrected chi connectivity index (χ4v) is 3.84. The van der Waals surface area contributed by atoms with E-state index in [1.165, 1.54) is 36.1 Å². The van der Waals surface area contributed by atoms with E-state index in [1.54, 1.807) is 19.1 Å². The highest BCUT2D eigenvalue weighted by Gasteiger charge is 2.29. The van der Waals surface area contributed by atoms with E-state index >= 15 is 0 Å². The van der Waals surface area contributed by atoms with E-state index in [4.69, 9.17) is 5.73 Å². The van der Waals surface area contributed by atoms with Crippen molar-refractivity contribution in [3.05, 3.63) is 41.5 Å². The van der Waals surface area contributed by atoms with Gasteiger partial charge in [0.2, 0.25) is 5.91 Å². The van der Waals surface area contributed by atoms with Gasteiger partial charge in [-0.3, -0.25) is 4.79 Å². The van der Waals surface area contributed by atoms with Crippen molar-refractivity contribution >= 4 is 5.91 Å². The van der Waals surface area contributed by atoms with Gasteiger partial charge in [-0.25, -0.2) is 9.07 Å². The Morgan fingerprint density at radius 2 is 2.00 bits per heavy atom. The minimum atomic E-state index is -0.608. The first-order valence-electron chi connectivity index (χ1n) is 9.58. The van der Waals surface area contributed by atoms with Crippen LogP contribution in [0.2, 0.25) is 0 Å². The maximum atomic E-state index is 13.2. The average molecular weight is 374 g/mol. The highest BCUT2D eigenvalue weighted by molar-refractivity contribution is 5.81. The summed E-state index contributed by atoms with van der Waals surface area (Å²) in [6, 6.07) is 5.48. The summed E-state index contributed by atoms with van der Waals surface area (Å²) in [5.41, 5.74) is 6.81. The molecule has 0 radical (unpaired) electrons. The Kier molecular flexibility index (Phi) is 6.49. The third-order valence-corrected chi connectivity index (χ3v) is 5.40. The number of hydrogen-bond acceptors (Lipinski definition) is 5. The fourth-order valence-electron chi connectivity index (χ4n) is 3.84. The van der Waals surface area contributed by atoms with E-state index < -0.39 is 6.04 Å². The van der Waals surface area contributed by atoms with Crippen molar-refractivity contribution in [1.82, 2.24) is 25.5 Å². The molecule has 1 amide bonds. The van der Waals surface area contributed by atoms with Crippen LogP contribution < -0.4 is 11.1 Å². The minimum Gasteiger partial charge on any atom is -0.350 e. The predicted molar refractivity (Wildman–Crippen MR) is 99.3 cm³/mol. The number of nitrogens with zero attached hydrogens (tertiary/aromatic N) is 4. The lowest BCUT2D eigenvalue weighted by Crippen LogP contribution is -2.48. The maximum Gasteiger partial charge on any atom is 0.245 e. The first-order chi connectivity index (χ1) is 13.1. The van der Waals surface area contributed by atoms with E-state index in [0.717, 1.165) is 18.4 Å². The second-order valence-corrected chi connectivity index (χ2v) is 7.27. The van der Waals surface area contributed by atoms with Gasteiger partial charge in [0.1, 0.15) is 17.7 Å². The number of halogens is 1. The third-order valence-electron chi connectivity index (χ3n) is 5.40. The molecular formula is C19H27FN6O. The van der Waals surface area contributed by atoms with E-state index in [0.29, 0.717) is 24.7 Å². The van der Waals surface area contributed by atoms with Crippen molar-refractivity contribution < 1.29 is 9.18 Å². The van der Waals surface area contributed by atoms with Crippen molar-refractivity contribution in [1.29, 1.82) is 0 Å². The molecule has 7 nitrogen and oxygen atoms in total. The van der Waals surface area contributed by atoms with Crippen LogP contribution in [0.5, 0.6) is 0 Å². The molecule has 1 saturated carbocycles. The van der Waals surface area contributed by atoms with E-state index in [9.17, 15) is 9.18 Å². The Labute approximate surface area is 158 Å². The number of aromatic nitrogens is 4. The number of nitrogens with one attached hydrogen (secondary N) is 1. The Bertz CT molecular complexity index is 741. The summed E-state index contributed by atoms with van der Waals surface area (Å²) in [5.74, 6) is 0.503. The van der Waals surface area contributed by atoms with Gasteiger partial charge in [-0.2, -0.15) is 0 Å². The largest absolute Gasteiger partial charge is 0.350 e. The number of carbonyl (C=O) groups is 1. The number of amides is 1. The molecule has 1 aromatic carbocycles. The summed E-state index contributed by atoms with van der Waals surface area (Å²) in [7, 11) is 0. The lowest BCUT2D eigenvalue weighted by Gasteiger charge is -2.31. The van der Waals surface area contributed by atoms with Gasteiger partial charge in [0.25, 0.3) is 0 Å². The van der Waals surface area contributed by atoms with Gasteiger partial charge in [0.15, 0.2) is 0 Å². The lowest BCUT2D eigenvalue weighted by molar-refractivity contribution is -0.125. The summed E-state index contributed by atoms with van der Waals surface area (Å²) in [6.45, 7) is 2.17. The zero-order valence-corrected chi connectivity index (χ0v) is 15.6. The molecule has 1 fully saturated rings. The lowest BCUT2D eigenvalue weighted by atomic mass is 9.83. The Hall–Kier alpha value is -2.35. The third kappa shape index (κ3) is 4.88. The SMILES string of the molecule is Cc1nnnn1C(Cc1ccc(F)cc1)C(=O)NC(CN)C1CCCCC1. The monoisotopic (exact) mass is 374 g/mol. The molecule has 1 aliphatic carbocycles. The molecule has 146 valence electrons. The molecule has 27 heavy (non-hydrogen) atoms. The highest BCUT2D eigenvalue weighted by atomic mass is 19.1. The van der Waals surface area contributed by atoms with Gasteiger partial charge in [-0.05, 0) is 53.8 Å². The van der Waals surface area contributed by atoms with Gasteiger partial charge in [0.05, 0.1) is 0 Å². The molecule has 1 aromatic heterocycles. The quantitative estimate of drug-likeness (QED) is 0.771. The number of nitrogens with two attached hydrogens (primary N) is 1. The number of hydrogen-bond donors (Lipinski definition) is 2. The molecule has 8 heteroatoms. The first-order valence-corrected chi connectivity index (χ1v) is 9.58. The zero-order chi connectivity index (χ0) is 19.2. The van der Waals surface area contributed by atoms with Gasteiger partial charge in [-0.1, -0.05) is 31.4 Å². The van der Waals surface area contributed by atoms with Gasteiger partial charge < -0.3 is 11.1 Å². The molecule has 0 bridgehead atoms. The number of tetrazole rings is 1. The Morgan fingerprint density at radius 3 is 2.59 bits per heavy atom. The minimum absolute atomic E-state index is 0.0506. The first kappa shape index (κ1) is 19.4. The zero-order valence-electron chi connectivity index (χ0n) is 15.6. The average Bonchev–Trinajstić information content (AvgIpc) is 3.11. The van der Waals surface area contributed by atoms with Gasteiger partial charge >= 0.3 is 0 Å². The smallest absolute Gasteiger partial charge is 0.245 e. The molecule has 3 N–H and O–H groups in total. The molecule has 1 heterocycles. The van der Waals surface area contributed by atoms with Crippen LogP contribution in [0.1, 0.15) is 49.5 Å².